The zero-order chi connectivity index (χ0) is 13.0. The fraction of sp³-hybridized carbons (Fsp3) is 0.647. The van der Waals surface area contributed by atoms with Crippen molar-refractivity contribution in [3.8, 4) is 0 Å². The molecule has 100 valence electrons. The van der Waals surface area contributed by atoms with E-state index in [1.54, 1.807) is 11.1 Å². The van der Waals surface area contributed by atoms with Crippen LogP contribution >= 0.6 is 0 Å². The Labute approximate surface area is 112 Å². The van der Waals surface area contributed by atoms with E-state index in [0.717, 1.165) is 18.9 Å². The molecule has 1 aromatic carbocycles. The minimum atomic E-state index is 0.527. The summed E-state index contributed by atoms with van der Waals surface area (Å²) in [5.41, 5.74) is 3.69. The molecule has 0 saturated heterocycles. The topological polar surface area (TPSA) is 12.0 Å². The van der Waals surface area contributed by atoms with Gasteiger partial charge in [0.15, 0.2) is 0 Å². The molecule has 1 saturated carbocycles. The standard InChI is InChI=1S/C17H27N/c1-17(2)11-6-8-15(13-17)16-9-5-4-7-14(16)10-12-18-3/h4-5,7,9,15,18H,6,8,10-13H2,1-3H3. The zero-order valence-electron chi connectivity index (χ0n) is 12.1. The van der Waals surface area contributed by atoms with E-state index in [0.29, 0.717) is 5.41 Å². The molecular weight excluding hydrogens is 218 g/mol. The summed E-state index contributed by atoms with van der Waals surface area (Å²) >= 11 is 0. The Kier molecular flexibility index (Phi) is 4.45. The first-order valence-corrected chi connectivity index (χ1v) is 7.35. The van der Waals surface area contributed by atoms with Gasteiger partial charge in [-0.15, -0.1) is 0 Å². The molecule has 0 heterocycles. The fourth-order valence-electron chi connectivity index (χ4n) is 3.38. The van der Waals surface area contributed by atoms with Crippen LogP contribution in [0.4, 0.5) is 0 Å². The number of hydrogen-bond acceptors (Lipinski definition) is 1. The lowest BCUT2D eigenvalue weighted by Crippen LogP contribution is -2.22. The van der Waals surface area contributed by atoms with Crippen molar-refractivity contribution in [2.75, 3.05) is 13.6 Å². The quantitative estimate of drug-likeness (QED) is 0.841. The Morgan fingerprint density at radius 2 is 2.06 bits per heavy atom. The van der Waals surface area contributed by atoms with E-state index in [4.69, 9.17) is 0 Å². The Balaban J connectivity index is 2.16. The molecule has 1 fully saturated rings. The van der Waals surface area contributed by atoms with Gasteiger partial charge in [-0.1, -0.05) is 44.5 Å². The molecule has 1 atom stereocenters. The van der Waals surface area contributed by atoms with Gasteiger partial charge in [-0.25, -0.2) is 0 Å². The highest BCUT2D eigenvalue weighted by Gasteiger charge is 2.29. The summed E-state index contributed by atoms with van der Waals surface area (Å²) in [5, 5.41) is 3.26. The number of likely N-dealkylation sites (N-methyl/N-ethyl adjacent to an activating group) is 1. The molecule has 1 unspecified atom stereocenters. The van der Waals surface area contributed by atoms with Crippen molar-refractivity contribution >= 4 is 0 Å². The number of hydrogen-bond donors (Lipinski definition) is 1. The van der Waals surface area contributed by atoms with Crippen LogP contribution in [-0.4, -0.2) is 13.6 Å². The Hall–Kier alpha value is -0.820. The highest BCUT2D eigenvalue weighted by molar-refractivity contribution is 5.31. The average molecular weight is 245 g/mol. The number of nitrogens with one attached hydrogen (secondary N) is 1. The Bertz CT molecular complexity index is 381. The molecule has 1 N–H and O–H groups in total. The SMILES string of the molecule is CNCCc1ccccc1C1CCCC(C)(C)C1. The largest absolute Gasteiger partial charge is 0.319 e. The Morgan fingerprint density at radius 1 is 1.28 bits per heavy atom. The molecule has 18 heavy (non-hydrogen) atoms. The van der Waals surface area contributed by atoms with Crippen LogP contribution < -0.4 is 5.32 Å². The lowest BCUT2D eigenvalue weighted by Gasteiger charge is -2.36. The third-order valence-corrected chi connectivity index (χ3v) is 4.34. The lowest BCUT2D eigenvalue weighted by atomic mass is 9.69. The van der Waals surface area contributed by atoms with E-state index in [2.05, 4.69) is 43.4 Å². The van der Waals surface area contributed by atoms with Gasteiger partial charge in [0.25, 0.3) is 0 Å². The summed E-state index contributed by atoms with van der Waals surface area (Å²) in [5.74, 6) is 0.779. The summed E-state index contributed by atoms with van der Waals surface area (Å²) in [4.78, 5) is 0. The maximum Gasteiger partial charge on any atom is -0.00113 e. The monoisotopic (exact) mass is 245 g/mol. The second kappa shape index (κ2) is 5.88. The van der Waals surface area contributed by atoms with Crippen molar-refractivity contribution < 1.29 is 0 Å². The zero-order valence-corrected chi connectivity index (χ0v) is 12.1. The van der Waals surface area contributed by atoms with Crippen molar-refractivity contribution in [1.82, 2.24) is 5.32 Å². The lowest BCUT2D eigenvalue weighted by molar-refractivity contribution is 0.219. The predicted molar refractivity (Wildman–Crippen MR) is 79.1 cm³/mol. The smallest absolute Gasteiger partial charge is 0.00113 e. The summed E-state index contributed by atoms with van der Waals surface area (Å²) < 4.78 is 0. The van der Waals surface area contributed by atoms with Crippen LogP contribution in [0.25, 0.3) is 0 Å². The molecule has 1 aromatic rings. The first kappa shape index (κ1) is 13.6. The highest BCUT2D eigenvalue weighted by atomic mass is 14.8. The van der Waals surface area contributed by atoms with Gasteiger partial charge in [0.05, 0.1) is 0 Å². The second-order valence-electron chi connectivity index (χ2n) is 6.51. The van der Waals surface area contributed by atoms with Crippen molar-refractivity contribution in [1.29, 1.82) is 0 Å². The maximum absolute atomic E-state index is 3.26. The summed E-state index contributed by atoms with van der Waals surface area (Å²) in [6, 6.07) is 9.06. The molecule has 1 aliphatic carbocycles. The van der Waals surface area contributed by atoms with Crippen molar-refractivity contribution in [2.24, 2.45) is 5.41 Å². The molecule has 1 aliphatic rings. The maximum atomic E-state index is 3.26. The third kappa shape index (κ3) is 3.35. The fourth-order valence-corrected chi connectivity index (χ4v) is 3.38. The first-order chi connectivity index (χ1) is 8.62. The van der Waals surface area contributed by atoms with Gasteiger partial charge in [0.1, 0.15) is 0 Å². The number of benzene rings is 1. The van der Waals surface area contributed by atoms with Crippen LogP contribution in [0.1, 0.15) is 56.6 Å². The van der Waals surface area contributed by atoms with Crippen molar-refractivity contribution in [2.45, 2.75) is 51.9 Å². The normalized spacial score (nSPS) is 22.9. The van der Waals surface area contributed by atoms with Gasteiger partial charge in [-0.2, -0.15) is 0 Å². The van der Waals surface area contributed by atoms with E-state index in [1.807, 2.05) is 7.05 Å². The third-order valence-electron chi connectivity index (χ3n) is 4.34. The molecule has 0 bridgehead atoms. The molecule has 1 nitrogen and oxygen atoms in total. The van der Waals surface area contributed by atoms with Crippen LogP contribution in [-0.2, 0) is 6.42 Å². The molecule has 1 heteroatoms. The average Bonchev–Trinajstić information content (AvgIpc) is 2.35. The van der Waals surface area contributed by atoms with E-state index >= 15 is 0 Å². The van der Waals surface area contributed by atoms with Gasteiger partial charge >= 0.3 is 0 Å². The van der Waals surface area contributed by atoms with Crippen molar-refractivity contribution in [3.63, 3.8) is 0 Å². The van der Waals surface area contributed by atoms with Crippen LogP contribution in [0.5, 0.6) is 0 Å². The minimum absolute atomic E-state index is 0.527. The second-order valence-corrected chi connectivity index (χ2v) is 6.51. The summed E-state index contributed by atoms with van der Waals surface area (Å²) in [6.07, 6.45) is 6.66. The van der Waals surface area contributed by atoms with E-state index in [-0.39, 0.29) is 0 Å². The molecule has 0 aromatic heterocycles. The van der Waals surface area contributed by atoms with Crippen LogP contribution in [0.3, 0.4) is 0 Å². The molecule has 0 amide bonds. The predicted octanol–water partition coefficient (Wildman–Crippen LogP) is 4.13. The Morgan fingerprint density at radius 3 is 2.78 bits per heavy atom. The van der Waals surface area contributed by atoms with Crippen molar-refractivity contribution in [3.05, 3.63) is 35.4 Å². The van der Waals surface area contributed by atoms with Gasteiger partial charge in [0.2, 0.25) is 0 Å². The highest BCUT2D eigenvalue weighted by Crippen LogP contribution is 2.44. The molecule has 0 radical (unpaired) electrons. The van der Waals surface area contributed by atoms with Gasteiger partial charge in [-0.3, -0.25) is 0 Å². The number of rotatable bonds is 4. The van der Waals surface area contributed by atoms with Gasteiger partial charge in [0, 0.05) is 0 Å². The van der Waals surface area contributed by atoms with E-state index < -0.39 is 0 Å². The van der Waals surface area contributed by atoms with E-state index in [9.17, 15) is 0 Å². The van der Waals surface area contributed by atoms with Crippen LogP contribution in [0, 0.1) is 5.41 Å². The summed E-state index contributed by atoms with van der Waals surface area (Å²) in [7, 11) is 2.03. The summed E-state index contributed by atoms with van der Waals surface area (Å²) in [6.45, 7) is 5.93. The van der Waals surface area contributed by atoms with Gasteiger partial charge in [-0.05, 0) is 61.7 Å². The molecular formula is C17H27N. The van der Waals surface area contributed by atoms with Crippen LogP contribution in [0.2, 0.25) is 0 Å². The van der Waals surface area contributed by atoms with Gasteiger partial charge < -0.3 is 5.32 Å². The molecule has 2 rings (SSSR count). The first-order valence-electron chi connectivity index (χ1n) is 7.35. The minimum Gasteiger partial charge on any atom is -0.319 e. The van der Waals surface area contributed by atoms with E-state index in [1.165, 1.54) is 25.7 Å². The molecule has 0 spiro atoms. The molecule has 0 aliphatic heterocycles. The van der Waals surface area contributed by atoms with Crippen LogP contribution in [0.15, 0.2) is 24.3 Å².